The molecule has 0 saturated carbocycles. The molecule has 4 nitrogen and oxygen atoms in total. The summed E-state index contributed by atoms with van der Waals surface area (Å²) in [5.74, 6) is 5.58. The van der Waals surface area contributed by atoms with Crippen LogP contribution in [0.5, 0.6) is 0 Å². The number of hydrogen-bond acceptors (Lipinski definition) is 4. The molecular weight excluding hydrogens is 156 g/mol. The lowest BCUT2D eigenvalue weighted by Gasteiger charge is -2.20. The second-order valence-electron chi connectivity index (χ2n) is 3.35. The van der Waals surface area contributed by atoms with E-state index in [1.807, 2.05) is 0 Å². The molecule has 1 saturated heterocycles. The number of rotatable bonds is 3. The predicted octanol–water partition coefficient (Wildman–Crippen LogP) is -0.155. The summed E-state index contributed by atoms with van der Waals surface area (Å²) >= 11 is 0. The van der Waals surface area contributed by atoms with Crippen LogP contribution in [0.25, 0.3) is 0 Å². The normalized spacial score (nSPS) is 27.0. The Hall–Kier alpha value is -0.160. The molecule has 72 valence electrons. The van der Waals surface area contributed by atoms with Gasteiger partial charge in [0.05, 0.1) is 19.8 Å². The Kier molecular flexibility index (Phi) is 4.53. The number of ether oxygens (including phenoxy) is 1. The van der Waals surface area contributed by atoms with Crippen LogP contribution in [-0.4, -0.2) is 44.4 Å². The zero-order valence-corrected chi connectivity index (χ0v) is 7.66. The van der Waals surface area contributed by atoms with Gasteiger partial charge in [-0.3, -0.25) is 4.90 Å². The van der Waals surface area contributed by atoms with Crippen LogP contribution in [0.2, 0.25) is 0 Å². The first kappa shape index (κ1) is 9.92. The minimum absolute atomic E-state index is 0.604. The molecule has 0 radical (unpaired) electrons. The Bertz CT molecular complexity index is 122. The van der Waals surface area contributed by atoms with Gasteiger partial charge in [0.1, 0.15) is 0 Å². The van der Waals surface area contributed by atoms with E-state index in [0.29, 0.717) is 12.5 Å². The van der Waals surface area contributed by atoms with Gasteiger partial charge in [-0.15, -0.1) is 0 Å². The Morgan fingerprint density at radius 1 is 1.67 bits per heavy atom. The molecule has 0 bridgehead atoms. The van der Waals surface area contributed by atoms with Crippen LogP contribution in [-0.2, 0) is 9.57 Å². The van der Waals surface area contributed by atoms with Crippen LogP contribution in [0.15, 0.2) is 0 Å². The average molecular weight is 174 g/mol. The lowest BCUT2D eigenvalue weighted by molar-refractivity contribution is 0.0997. The van der Waals surface area contributed by atoms with Crippen LogP contribution in [0.1, 0.15) is 6.92 Å². The van der Waals surface area contributed by atoms with Crippen LogP contribution in [0, 0.1) is 5.92 Å². The Morgan fingerprint density at radius 2 is 2.50 bits per heavy atom. The van der Waals surface area contributed by atoms with E-state index >= 15 is 0 Å². The molecule has 0 aromatic carbocycles. The molecule has 1 rings (SSSR count). The average Bonchev–Trinajstić information content (AvgIpc) is 2.26. The highest BCUT2D eigenvalue weighted by atomic mass is 16.6. The van der Waals surface area contributed by atoms with Crippen LogP contribution in [0.4, 0.5) is 0 Å². The second-order valence-corrected chi connectivity index (χ2v) is 3.35. The van der Waals surface area contributed by atoms with Crippen molar-refractivity contribution in [3.8, 4) is 0 Å². The van der Waals surface area contributed by atoms with Crippen molar-refractivity contribution in [2.45, 2.75) is 6.92 Å². The van der Waals surface area contributed by atoms with Crippen LogP contribution in [0.3, 0.4) is 0 Å². The first-order valence-corrected chi connectivity index (χ1v) is 4.44. The molecule has 0 amide bonds. The van der Waals surface area contributed by atoms with E-state index in [1.165, 1.54) is 0 Å². The molecule has 0 spiro atoms. The van der Waals surface area contributed by atoms with Crippen molar-refractivity contribution in [3.63, 3.8) is 0 Å². The van der Waals surface area contributed by atoms with Crippen molar-refractivity contribution in [3.05, 3.63) is 0 Å². The molecule has 2 N–H and O–H groups in total. The summed E-state index contributed by atoms with van der Waals surface area (Å²) in [4.78, 5) is 6.86. The zero-order valence-electron chi connectivity index (χ0n) is 7.66. The van der Waals surface area contributed by atoms with E-state index in [0.717, 1.165) is 32.8 Å². The van der Waals surface area contributed by atoms with Gasteiger partial charge < -0.3 is 9.57 Å². The van der Waals surface area contributed by atoms with Crippen molar-refractivity contribution >= 4 is 0 Å². The van der Waals surface area contributed by atoms with Crippen LogP contribution >= 0.6 is 0 Å². The van der Waals surface area contributed by atoms with Gasteiger partial charge in [-0.2, -0.15) is 0 Å². The molecule has 1 aliphatic rings. The van der Waals surface area contributed by atoms with E-state index in [-0.39, 0.29) is 0 Å². The van der Waals surface area contributed by atoms with Gasteiger partial charge in [-0.1, -0.05) is 6.92 Å². The summed E-state index contributed by atoms with van der Waals surface area (Å²) in [7, 11) is 0. The summed E-state index contributed by atoms with van der Waals surface area (Å²) in [6, 6.07) is 0. The van der Waals surface area contributed by atoms with Gasteiger partial charge in [-0.25, -0.2) is 5.90 Å². The largest absolute Gasteiger partial charge is 0.380 e. The lowest BCUT2D eigenvalue weighted by atomic mass is 10.2. The fourth-order valence-corrected chi connectivity index (χ4v) is 1.45. The lowest BCUT2D eigenvalue weighted by Crippen LogP contribution is -2.32. The molecule has 1 unspecified atom stereocenters. The molecule has 0 aliphatic carbocycles. The molecule has 1 heterocycles. The summed E-state index contributed by atoms with van der Waals surface area (Å²) in [6.07, 6.45) is 0. The van der Waals surface area contributed by atoms with E-state index in [2.05, 4.69) is 16.7 Å². The monoisotopic (exact) mass is 174 g/mol. The first-order valence-electron chi connectivity index (χ1n) is 4.44. The van der Waals surface area contributed by atoms with Gasteiger partial charge in [0.25, 0.3) is 0 Å². The molecule has 12 heavy (non-hydrogen) atoms. The molecule has 1 aliphatic heterocycles. The summed E-state index contributed by atoms with van der Waals surface area (Å²) < 4.78 is 5.40. The third kappa shape index (κ3) is 3.49. The smallest absolute Gasteiger partial charge is 0.0806 e. The third-order valence-corrected chi connectivity index (χ3v) is 2.05. The van der Waals surface area contributed by atoms with E-state index in [1.54, 1.807) is 0 Å². The maximum Gasteiger partial charge on any atom is 0.0806 e. The van der Waals surface area contributed by atoms with Crippen LogP contribution < -0.4 is 5.90 Å². The maximum atomic E-state index is 5.40. The van der Waals surface area contributed by atoms with Gasteiger partial charge in [0.2, 0.25) is 0 Å². The van der Waals surface area contributed by atoms with Gasteiger partial charge >= 0.3 is 0 Å². The highest BCUT2D eigenvalue weighted by molar-refractivity contribution is 4.65. The zero-order chi connectivity index (χ0) is 8.81. The highest BCUT2D eigenvalue weighted by Crippen LogP contribution is 2.04. The fourth-order valence-electron chi connectivity index (χ4n) is 1.45. The molecule has 4 heteroatoms. The Labute approximate surface area is 73.6 Å². The van der Waals surface area contributed by atoms with Crippen molar-refractivity contribution in [2.24, 2.45) is 11.8 Å². The van der Waals surface area contributed by atoms with E-state index in [9.17, 15) is 0 Å². The molecule has 1 atom stereocenters. The number of hydrogen-bond donors (Lipinski definition) is 1. The van der Waals surface area contributed by atoms with Gasteiger partial charge in [-0.05, 0) is 5.92 Å². The molecule has 1 fully saturated rings. The molecule has 0 aromatic rings. The third-order valence-electron chi connectivity index (χ3n) is 2.05. The minimum atomic E-state index is 0.604. The first-order chi connectivity index (χ1) is 5.83. The SMILES string of the molecule is CC1COCCN(CCON)C1. The molecular formula is C8H18N2O2. The predicted molar refractivity (Wildman–Crippen MR) is 46.6 cm³/mol. The maximum absolute atomic E-state index is 5.40. The standard InChI is InChI=1S/C8H18N2O2/c1-8-6-10(3-5-12-9)2-4-11-7-8/h8H,2-7,9H2,1H3. The Balaban J connectivity index is 2.21. The van der Waals surface area contributed by atoms with E-state index in [4.69, 9.17) is 10.6 Å². The van der Waals surface area contributed by atoms with Gasteiger partial charge in [0, 0.05) is 19.6 Å². The second kappa shape index (κ2) is 5.48. The van der Waals surface area contributed by atoms with E-state index < -0.39 is 0 Å². The van der Waals surface area contributed by atoms with Crippen molar-refractivity contribution in [1.29, 1.82) is 0 Å². The Morgan fingerprint density at radius 3 is 3.25 bits per heavy atom. The van der Waals surface area contributed by atoms with Crippen molar-refractivity contribution < 1.29 is 9.57 Å². The van der Waals surface area contributed by atoms with Crippen molar-refractivity contribution in [2.75, 3.05) is 39.5 Å². The van der Waals surface area contributed by atoms with Gasteiger partial charge in [0.15, 0.2) is 0 Å². The number of nitrogens with two attached hydrogens (primary N) is 1. The summed E-state index contributed by atoms with van der Waals surface area (Å²) in [5, 5.41) is 0. The minimum Gasteiger partial charge on any atom is -0.380 e. The summed E-state index contributed by atoms with van der Waals surface area (Å²) in [5.41, 5.74) is 0. The quantitative estimate of drug-likeness (QED) is 0.604. The fraction of sp³-hybridized carbons (Fsp3) is 1.00. The number of nitrogens with zero attached hydrogens (tertiary/aromatic N) is 1. The topological polar surface area (TPSA) is 47.7 Å². The van der Waals surface area contributed by atoms with Crippen molar-refractivity contribution in [1.82, 2.24) is 4.90 Å². The summed E-state index contributed by atoms with van der Waals surface area (Å²) in [6.45, 7) is 7.49. The molecule has 0 aromatic heterocycles. The highest BCUT2D eigenvalue weighted by Gasteiger charge is 2.13.